The Balaban J connectivity index is 1.55. The molecule has 1 aliphatic heterocycles. The van der Waals surface area contributed by atoms with Gasteiger partial charge in [0.1, 0.15) is 18.2 Å². The molecule has 0 saturated heterocycles. The van der Waals surface area contributed by atoms with Gasteiger partial charge in [0.05, 0.1) is 13.2 Å². The van der Waals surface area contributed by atoms with Crippen LogP contribution in [0.15, 0.2) is 23.2 Å². The molecule has 8 nitrogen and oxygen atoms in total. The van der Waals surface area contributed by atoms with E-state index in [1.54, 1.807) is 7.05 Å². The van der Waals surface area contributed by atoms with Gasteiger partial charge in [0.2, 0.25) is 0 Å². The van der Waals surface area contributed by atoms with Gasteiger partial charge in [0.15, 0.2) is 11.8 Å². The fourth-order valence-corrected chi connectivity index (χ4v) is 3.54. The maximum atomic E-state index is 5.93. The van der Waals surface area contributed by atoms with Gasteiger partial charge in [-0.2, -0.15) is 0 Å². The van der Waals surface area contributed by atoms with Crippen molar-refractivity contribution in [3.05, 3.63) is 41.0 Å². The minimum atomic E-state index is 0.537. The SMILES string of the molecule is CCOCCOc1cc(C)ccc1CNC(=NC)NCc1nnc2n1CCCCC2. The van der Waals surface area contributed by atoms with Crippen LogP contribution in [0.2, 0.25) is 0 Å². The molecule has 1 aromatic carbocycles. The first-order chi connectivity index (χ1) is 14.7. The maximum absolute atomic E-state index is 5.93. The zero-order chi connectivity index (χ0) is 21.2. The van der Waals surface area contributed by atoms with Gasteiger partial charge in [-0.25, -0.2) is 0 Å². The summed E-state index contributed by atoms with van der Waals surface area (Å²) in [7, 11) is 1.77. The van der Waals surface area contributed by atoms with Gasteiger partial charge in [-0.15, -0.1) is 10.2 Å². The summed E-state index contributed by atoms with van der Waals surface area (Å²) in [5, 5.41) is 15.5. The Morgan fingerprint density at radius 1 is 1.13 bits per heavy atom. The molecule has 8 heteroatoms. The first-order valence-electron chi connectivity index (χ1n) is 10.9. The van der Waals surface area contributed by atoms with Crippen molar-refractivity contribution < 1.29 is 9.47 Å². The number of fused-ring (bicyclic) bond motifs is 1. The van der Waals surface area contributed by atoms with Gasteiger partial charge < -0.3 is 24.7 Å². The number of rotatable bonds is 9. The van der Waals surface area contributed by atoms with Gasteiger partial charge in [-0.05, 0) is 38.3 Å². The first-order valence-corrected chi connectivity index (χ1v) is 10.9. The van der Waals surface area contributed by atoms with E-state index >= 15 is 0 Å². The summed E-state index contributed by atoms with van der Waals surface area (Å²) in [6.45, 7) is 8.07. The van der Waals surface area contributed by atoms with Crippen LogP contribution in [-0.4, -0.2) is 47.6 Å². The average Bonchev–Trinajstić information content (AvgIpc) is 2.98. The maximum Gasteiger partial charge on any atom is 0.191 e. The third kappa shape index (κ3) is 6.19. The van der Waals surface area contributed by atoms with Crippen LogP contribution in [-0.2, 0) is 30.8 Å². The molecule has 0 amide bonds. The second-order valence-electron chi connectivity index (χ2n) is 7.43. The lowest BCUT2D eigenvalue weighted by Gasteiger charge is -2.16. The number of aromatic nitrogens is 3. The summed E-state index contributed by atoms with van der Waals surface area (Å²) in [4.78, 5) is 4.34. The highest BCUT2D eigenvalue weighted by Crippen LogP contribution is 2.20. The normalized spacial score (nSPS) is 14.2. The zero-order valence-corrected chi connectivity index (χ0v) is 18.4. The molecule has 0 bridgehead atoms. The van der Waals surface area contributed by atoms with E-state index in [0.717, 1.165) is 41.9 Å². The molecule has 0 saturated carbocycles. The van der Waals surface area contributed by atoms with Crippen molar-refractivity contribution >= 4 is 5.96 Å². The largest absolute Gasteiger partial charge is 0.491 e. The molecule has 2 aromatic rings. The Morgan fingerprint density at radius 3 is 2.83 bits per heavy atom. The van der Waals surface area contributed by atoms with E-state index in [2.05, 4.69) is 55.5 Å². The number of hydrogen-bond acceptors (Lipinski definition) is 5. The molecule has 0 atom stereocenters. The topological polar surface area (TPSA) is 85.6 Å². The number of guanidine groups is 1. The molecule has 2 N–H and O–H groups in total. The van der Waals surface area contributed by atoms with Crippen LogP contribution in [0.1, 0.15) is 49.0 Å². The number of aryl methyl sites for hydroxylation is 2. The zero-order valence-electron chi connectivity index (χ0n) is 18.4. The second kappa shape index (κ2) is 11.5. The highest BCUT2D eigenvalue weighted by atomic mass is 16.5. The molecule has 0 unspecified atom stereocenters. The quantitative estimate of drug-likeness (QED) is 0.373. The summed E-state index contributed by atoms with van der Waals surface area (Å²) in [5.74, 6) is 3.66. The fraction of sp³-hybridized carbons (Fsp3) is 0.591. The van der Waals surface area contributed by atoms with Crippen molar-refractivity contribution in [1.82, 2.24) is 25.4 Å². The number of nitrogens with zero attached hydrogens (tertiary/aromatic N) is 4. The predicted octanol–water partition coefficient (Wildman–Crippen LogP) is 2.59. The summed E-state index contributed by atoms with van der Waals surface area (Å²) >= 11 is 0. The molecular weight excluding hydrogens is 380 g/mol. The van der Waals surface area contributed by atoms with Crippen LogP contribution >= 0.6 is 0 Å². The standard InChI is InChI=1S/C22H34N6O2/c1-4-29-12-13-30-19-14-17(2)9-10-18(19)15-24-22(23-3)25-16-21-27-26-20-8-6-5-7-11-28(20)21/h9-10,14H,4-8,11-13,15-16H2,1-3H3,(H2,23,24,25). The van der Waals surface area contributed by atoms with Gasteiger partial charge >= 0.3 is 0 Å². The van der Waals surface area contributed by atoms with Crippen LogP contribution in [0.5, 0.6) is 5.75 Å². The van der Waals surface area contributed by atoms with Crippen molar-refractivity contribution in [3.63, 3.8) is 0 Å². The highest BCUT2D eigenvalue weighted by molar-refractivity contribution is 5.79. The Hall–Kier alpha value is -2.61. The Labute approximate surface area is 179 Å². The van der Waals surface area contributed by atoms with Crippen LogP contribution in [0.25, 0.3) is 0 Å². The van der Waals surface area contributed by atoms with E-state index in [9.17, 15) is 0 Å². The van der Waals surface area contributed by atoms with Crippen molar-refractivity contribution in [1.29, 1.82) is 0 Å². The molecule has 0 radical (unpaired) electrons. The minimum Gasteiger partial charge on any atom is -0.491 e. The molecule has 30 heavy (non-hydrogen) atoms. The van der Waals surface area contributed by atoms with Crippen LogP contribution < -0.4 is 15.4 Å². The lowest BCUT2D eigenvalue weighted by atomic mass is 10.1. The number of nitrogens with one attached hydrogen (secondary N) is 2. The Bertz CT molecular complexity index is 833. The van der Waals surface area contributed by atoms with Crippen LogP contribution in [0.4, 0.5) is 0 Å². The molecule has 0 spiro atoms. The Morgan fingerprint density at radius 2 is 2.00 bits per heavy atom. The summed E-state index contributed by atoms with van der Waals surface area (Å²) in [5.41, 5.74) is 2.25. The summed E-state index contributed by atoms with van der Waals surface area (Å²) < 4.78 is 13.6. The van der Waals surface area contributed by atoms with Crippen LogP contribution in [0, 0.1) is 6.92 Å². The van der Waals surface area contributed by atoms with E-state index in [0.29, 0.717) is 32.9 Å². The smallest absolute Gasteiger partial charge is 0.191 e. The van der Waals surface area contributed by atoms with E-state index in [1.807, 2.05) is 6.92 Å². The monoisotopic (exact) mass is 414 g/mol. The van der Waals surface area contributed by atoms with E-state index in [-0.39, 0.29) is 0 Å². The Kier molecular flexibility index (Phi) is 8.50. The molecular formula is C22H34N6O2. The second-order valence-corrected chi connectivity index (χ2v) is 7.43. The third-order valence-electron chi connectivity index (χ3n) is 5.18. The van der Waals surface area contributed by atoms with E-state index in [4.69, 9.17) is 9.47 Å². The van der Waals surface area contributed by atoms with Crippen molar-refractivity contribution in [2.75, 3.05) is 26.9 Å². The van der Waals surface area contributed by atoms with E-state index in [1.165, 1.54) is 24.8 Å². The van der Waals surface area contributed by atoms with Crippen molar-refractivity contribution in [3.8, 4) is 5.75 Å². The predicted molar refractivity (Wildman–Crippen MR) is 118 cm³/mol. The molecule has 1 aromatic heterocycles. The van der Waals surface area contributed by atoms with Gasteiger partial charge in [0, 0.05) is 38.7 Å². The first kappa shape index (κ1) is 22.1. The highest BCUT2D eigenvalue weighted by Gasteiger charge is 2.15. The minimum absolute atomic E-state index is 0.537. The summed E-state index contributed by atoms with van der Waals surface area (Å²) in [6, 6.07) is 6.24. The lowest BCUT2D eigenvalue weighted by molar-refractivity contribution is 0.110. The molecule has 1 aliphatic rings. The van der Waals surface area contributed by atoms with E-state index < -0.39 is 0 Å². The molecule has 3 rings (SSSR count). The summed E-state index contributed by atoms with van der Waals surface area (Å²) in [6.07, 6.45) is 4.65. The molecule has 0 fully saturated rings. The molecule has 2 heterocycles. The van der Waals surface area contributed by atoms with Crippen molar-refractivity contribution in [2.45, 2.75) is 59.2 Å². The lowest BCUT2D eigenvalue weighted by Crippen LogP contribution is -2.37. The number of aliphatic imine (C=N–C) groups is 1. The third-order valence-corrected chi connectivity index (χ3v) is 5.18. The molecule has 164 valence electrons. The van der Waals surface area contributed by atoms with Gasteiger partial charge in [0.25, 0.3) is 0 Å². The number of benzene rings is 1. The van der Waals surface area contributed by atoms with Crippen molar-refractivity contribution in [2.24, 2.45) is 4.99 Å². The number of hydrogen-bond donors (Lipinski definition) is 2. The molecule has 0 aliphatic carbocycles. The average molecular weight is 415 g/mol. The fourth-order valence-electron chi connectivity index (χ4n) is 3.54. The van der Waals surface area contributed by atoms with Gasteiger partial charge in [-0.1, -0.05) is 18.6 Å². The van der Waals surface area contributed by atoms with Crippen LogP contribution in [0.3, 0.4) is 0 Å². The van der Waals surface area contributed by atoms with Gasteiger partial charge in [-0.3, -0.25) is 4.99 Å². The number of ether oxygens (including phenoxy) is 2.